The van der Waals surface area contributed by atoms with Gasteiger partial charge in [-0.2, -0.15) is 0 Å². The second-order valence-corrected chi connectivity index (χ2v) is 8.56. The van der Waals surface area contributed by atoms with E-state index in [-0.39, 0.29) is 31.9 Å². The maximum absolute atomic E-state index is 12.4. The van der Waals surface area contributed by atoms with Gasteiger partial charge < -0.3 is 20.5 Å². The normalized spacial score (nSPS) is 12.2. The van der Waals surface area contributed by atoms with Crippen LogP contribution in [0.5, 0.6) is 11.5 Å². The molecular formula is C25H33N3O5. The summed E-state index contributed by atoms with van der Waals surface area (Å²) < 4.78 is 5.77. The van der Waals surface area contributed by atoms with Crippen molar-refractivity contribution in [2.45, 2.75) is 53.1 Å². The topological polar surface area (TPSA) is 118 Å². The first-order valence-electron chi connectivity index (χ1n) is 11.0. The summed E-state index contributed by atoms with van der Waals surface area (Å²) in [6.45, 7) is 7.27. The second kappa shape index (κ2) is 12.2. The smallest absolute Gasteiger partial charge is 0.287 e. The molecule has 1 amide bonds. The van der Waals surface area contributed by atoms with Gasteiger partial charge in [0.1, 0.15) is 11.5 Å². The van der Waals surface area contributed by atoms with Crippen LogP contribution < -0.4 is 15.4 Å². The van der Waals surface area contributed by atoms with Crippen LogP contribution in [-0.4, -0.2) is 46.8 Å². The summed E-state index contributed by atoms with van der Waals surface area (Å²) >= 11 is 0. The Balaban J connectivity index is 1.77. The highest BCUT2D eigenvalue weighted by Gasteiger charge is 2.32. The summed E-state index contributed by atoms with van der Waals surface area (Å²) in [6, 6.07) is 10.3. The number of ketones is 2. The zero-order chi connectivity index (χ0) is 24.4. The van der Waals surface area contributed by atoms with Gasteiger partial charge in [-0.25, -0.2) is 0 Å². The first kappa shape index (κ1) is 26.2. The first-order valence-corrected chi connectivity index (χ1v) is 11.0. The number of nitrogens with one attached hydrogen (secondary N) is 2. The van der Waals surface area contributed by atoms with Crippen molar-refractivity contribution in [2.24, 2.45) is 5.41 Å². The Bertz CT molecular complexity index is 957. The monoisotopic (exact) mass is 455 g/mol. The average Bonchev–Trinajstić information content (AvgIpc) is 2.80. The van der Waals surface area contributed by atoms with E-state index in [1.807, 2.05) is 32.0 Å². The summed E-state index contributed by atoms with van der Waals surface area (Å²) in [5, 5.41) is 15.0. The zero-order valence-electron chi connectivity index (χ0n) is 19.7. The minimum Gasteiger partial charge on any atom is -0.457 e. The van der Waals surface area contributed by atoms with Crippen molar-refractivity contribution < 1.29 is 24.2 Å². The molecule has 0 aliphatic carbocycles. The van der Waals surface area contributed by atoms with Crippen molar-refractivity contribution in [1.29, 1.82) is 0 Å². The van der Waals surface area contributed by atoms with E-state index in [1.165, 1.54) is 0 Å². The summed E-state index contributed by atoms with van der Waals surface area (Å²) in [7, 11) is 0. The standard InChI is InChI=1S/C25H33N3O5/c1-5-21(23(31)25(3,4)16-29)27-13-11-22(30)24(32)28-15-18-6-8-19(9-7-18)33-20-10-12-26-17(2)14-20/h6-10,12,14,21,27,29H,5,11,13,15-16H2,1-4H3,(H,28,32). The fraction of sp³-hybridized carbons (Fsp3) is 0.440. The minimum atomic E-state index is -0.854. The Labute approximate surface area is 194 Å². The van der Waals surface area contributed by atoms with Crippen molar-refractivity contribution in [2.75, 3.05) is 13.2 Å². The van der Waals surface area contributed by atoms with E-state index in [0.29, 0.717) is 17.9 Å². The van der Waals surface area contributed by atoms with Crippen molar-refractivity contribution >= 4 is 17.5 Å². The second-order valence-electron chi connectivity index (χ2n) is 8.56. The molecule has 2 aromatic rings. The maximum Gasteiger partial charge on any atom is 0.287 e. The summed E-state index contributed by atoms with van der Waals surface area (Å²) in [6.07, 6.45) is 2.19. The molecule has 178 valence electrons. The van der Waals surface area contributed by atoms with Crippen molar-refractivity contribution in [3.05, 3.63) is 53.9 Å². The number of carbonyl (C=O) groups excluding carboxylic acids is 3. The molecule has 1 aromatic carbocycles. The lowest BCUT2D eigenvalue weighted by atomic mass is 9.84. The number of aromatic nitrogens is 1. The molecule has 8 nitrogen and oxygen atoms in total. The number of aryl methyl sites for hydroxylation is 1. The number of aliphatic hydroxyl groups is 1. The van der Waals surface area contributed by atoms with E-state index in [0.717, 1.165) is 11.3 Å². The fourth-order valence-corrected chi connectivity index (χ4v) is 3.12. The van der Waals surface area contributed by atoms with Crippen LogP contribution in [-0.2, 0) is 20.9 Å². The van der Waals surface area contributed by atoms with Crippen molar-refractivity contribution in [3.63, 3.8) is 0 Å². The zero-order valence-corrected chi connectivity index (χ0v) is 19.7. The van der Waals surface area contributed by atoms with Crippen LogP contribution in [0.1, 0.15) is 44.9 Å². The van der Waals surface area contributed by atoms with Crippen LogP contribution in [0.15, 0.2) is 42.6 Å². The number of aliphatic hydroxyl groups excluding tert-OH is 1. The maximum atomic E-state index is 12.4. The van der Waals surface area contributed by atoms with Gasteiger partial charge in [-0.1, -0.05) is 32.9 Å². The molecule has 0 bridgehead atoms. The molecule has 33 heavy (non-hydrogen) atoms. The molecule has 0 spiro atoms. The van der Waals surface area contributed by atoms with Gasteiger partial charge in [0.25, 0.3) is 5.91 Å². The molecule has 0 saturated carbocycles. The van der Waals surface area contributed by atoms with Crippen LogP contribution in [0.3, 0.4) is 0 Å². The number of pyridine rings is 1. The third-order valence-corrected chi connectivity index (χ3v) is 5.26. The Morgan fingerprint density at radius 3 is 2.42 bits per heavy atom. The van der Waals surface area contributed by atoms with Gasteiger partial charge >= 0.3 is 0 Å². The van der Waals surface area contributed by atoms with Gasteiger partial charge in [0, 0.05) is 42.9 Å². The number of hydrogen-bond donors (Lipinski definition) is 3. The molecule has 0 fully saturated rings. The van der Waals surface area contributed by atoms with E-state index in [2.05, 4.69) is 15.6 Å². The number of nitrogens with zero attached hydrogens (tertiary/aromatic N) is 1. The average molecular weight is 456 g/mol. The Morgan fingerprint density at radius 1 is 1.12 bits per heavy atom. The van der Waals surface area contributed by atoms with Crippen LogP contribution in [0.4, 0.5) is 0 Å². The van der Waals surface area contributed by atoms with Gasteiger partial charge in [0.05, 0.1) is 12.6 Å². The van der Waals surface area contributed by atoms with E-state index in [1.54, 1.807) is 38.2 Å². The van der Waals surface area contributed by atoms with Crippen LogP contribution in [0.25, 0.3) is 0 Å². The van der Waals surface area contributed by atoms with Gasteiger partial charge in [0.15, 0.2) is 5.78 Å². The van der Waals surface area contributed by atoms with Gasteiger partial charge in [-0.15, -0.1) is 0 Å². The predicted octanol–water partition coefficient (Wildman–Crippen LogP) is 2.71. The minimum absolute atomic E-state index is 0.0205. The summed E-state index contributed by atoms with van der Waals surface area (Å²) in [4.78, 5) is 40.8. The molecular weight excluding hydrogens is 422 g/mol. The number of ether oxygens (including phenoxy) is 1. The summed E-state index contributed by atoms with van der Waals surface area (Å²) in [5.41, 5.74) is 0.834. The Kier molecular flexibility index (Phi) is 9.69. The van der Waals surface area contributed by atoms with Gasteiger partial charge in [-0.3, -0.25) is 19.4 Å². The van der Waals surface area contributed by atoms with Gasteiger partial charge in [0.2, 0.25) is 5.78 Å². The lowest BCUT2D eigenvalue weighted by Gasteiger charge is -2.26. The van der Waals surface area contributed by atoms with Crippen molar-refractivity contribution in [3.8, 4) is 11.5 Å². The number of Topliss-reactive ketones (excluding diaryl/α,β-unsaturated/α-hetero) is 2. The molecule has 0 saturated heterocycles. The van der Waals surface area contributed by atoms with E-state index in [4.69, 9.17) is 4.74 Å². The SMILES string of the molecule is CCC(NCCC(=O)C(=O)NCc1ccc(Oc2ccnc(C)c2)cc1)C(=O)C(C)(C)CO. The third kappa shape index (κ3) is 8.07. The molecule has 8 heteroatoms. The van der Waals surface area contributed by atoms with E-state index < -0.39 is 23.1 Å². The third-order valence-electron chi connectivity index (χ3n) is 5.26. The van der Waals surface area contributed by atoms with Crippen LogP contribution in [0, 0.1) is 12.3 Å². The quantitative estimate of drug-likeness (QED) is 0.398. The fourth-order valence-electron chi connectivity index (χ4n) is 3.12. The van der Waals surface area contributed by atoms with Crippen LogP contribution in [0.2, 0.25) is 0 Å². The highest BCUT2D eigenvalue weighted by molar-refractivity contribution is 6.36. The number of rotatable bonds is 13. The molecule has 0 radical (unpaired) electrons. The number of hydrogen-bond acceptors (Lipinski definition) is 7. The highest BCUT2D eigenvalue weighted by atomic mass is 16.5. The summed E-state index contributed by atoms with van der Waals surface area (Å²) in [5.74, 6) is 0.00602. The molecule has 0 aliphatic rings. The molecule has 1 heterocycles. The Hall–Kier alpha value is -3.10. The highest BCUT2D eigenvalue weighted by Crippen LogP contribution is 2.22. The first-order chi connectivity index (χ1) is 15.7. The Morgan fingerprint density at radius 2 is 1.82 bits per heavy atom. The largest absolute Gasteiger partial charge is 0.457 e. The molecule has 0 aliphatic heterocycles. The molecule has 1 aromatic heterocycles. The molecule has 1 atom stereocenters. The van der Waals surface area contributed by atoms with Gasteiger partial charge in [-0.05, 0) is 37.1 Å². The predicted molar refractivity (Wildman–Crippen MR) is 125 cm³/mol. The lowest BCUT2D eigenvalue weighted by molar-refractivity contribution is -0.138. The van der Waals surface area contributed by atoms with E-state index in [9.17, 15) is 19.5 Å². The van der Waals surface area contributed by atoms with Crippen molar-refractivity contribution in [1.82, 2.24) is 15.6 Å². The molecule has 3 N–H and O–H groups in total. The number of benzene rings is 1. The molecule has 1 unspecified atom stereocenters. The molecule has 2 rings (SSSR count). The van der Waals surface area contributed by atoms with Crippen LogP contribution >= 0.6 is 0 Å². The van der Waals surface area contributed by atoms with E-state index >= 15 is 0 Å². The number of amides is 1. The number of carbonyl (C=O) groups is 3. The lowest BCUT2D eigenvalue weighted by Crippen LogP contribution is -2.46.